The van der Waals surface area contributed by atoms with Crippen LogP contribution in [0.3, 0.4) is 0 Å². The van der Waals surface area contributed by atoms with Crippen molar-refractivity contribution in [2.45, 2.75) is 4.90 Å². The Morgan fingerprint density at radius 3 is 2.27 bits per heavy atom. The molecule has 0 aliphatic heterocycles. The lowest BCUT2D eigenvalue weighted by atomic mass is 10.3. The van der Waals surface area contributed by atoms with Gasteiger partial charge in [-0.1, -0.05) is 0 Å². The Balaban J connectivity index is 3.43. The van der Waals surface area contributed by atoms with Crippen molar-refractivity contribution in [3.05, 3.63) is 18.2 Å². The van der Waals surface area contributed by atoms with Crippen LogP contribution in [0.2, 0.25) is 0 Å². The van der Waals surface area contributed by atoms with Crippen molar-refractivity contribution in [2.24, 2.45) is 0 Å². The van der Waals surface area contributed by atoms with Gasteiger partial charge in [0.05, 0.1) is 17.7 Å². The van der Waals surface area contributed by atoms with E-state index in [-0.39, 0.29) is 4.90 Å². The van der Waals surface area contributed by atoms with Crippen molar-refractivity contribution < 1.29 is 13.2 Å². The van der Waals surface area contributed by atoms with Crippen LogP contribution in [0.15, 0.2) is 23.1 Å². The molecule has 0 bridgehead atoms. The minimum Gasteiger partial charge on any atom is -0.497 e. The summed E-state index contributed by atoms with van der Waals surface area (Å²) in [6, 6.07) is 5.00. The van der Waals surface area contributed by atoms with Crippen molar-refractivity contribution in [1.29, 1.82) is 0 Å². The van der Waals surface area contributed by atoms with Gasteiger partial charge in [-0.25, -0.2) is 8.42 Å². The van der Waals surface area contributed by atoms with Gasteiger partial charge in [0.1, 0.15) is 5.75 Å². The third-order valence-corrected chi connectivity index (χ3v) is 3.17. The smallest absolute Gasteiger partial charge is 0.177 e. The molecule has 1 rings (SSSR count). The Hall–Kier alpha value is -1.23. The lowest BCUT2D eigenvalue weighted by Crippen LogP contribution is -2.13. The molecule has 0 amide bonds. The molecule has 1 aromatic rings. The summed E-state index contributed by atoms with van der Waals surface area (Å²) in [5, 5.41) is 0. The molecule has 0 saturated carbocycles. The van der Waals surface area contributed by atoms with Crippen molar-refractivity contribution in [2.75, 3.05) is 32.4 Å². The van der Waals surface area contributed by atoms with E-state index in [1.165, 1.54) is 19.4 Å². The van der Waals surface area contributed by atoms with Crippen molar-refractivity contribution >= 4 is 15.5 Å². The highest BCUT2D eigenvalue weighted by atomic mass is 32.2. The summed E-state index contributed by atoms with van der Waals surface area (Å²) in [5.41, 5.74) is 0.665. The van der Waals surface area contributed by atoms with Gasteiger partial charge in [-0.15, -0.1) is 0 Å². The number of rotatable bonds is 3. The maximum atomic E-state index is 11.5. The predicted molar refractivity (Wildman–Crippen MR) is 60.4 cm³/mol. The molecule has 84 valence electrons. The second kappa shape index (κ2) is 4.10. The van der Waals surface area contributed by atoms with Crippen LogP contribution in [-0.4, -0.2) is 35.9 Å². The second-order valence-corrected chi connectivity index (χ2v) is 5.48. The molecular weight excluding hydrogens is 214 g/mol. The van der Waals surface area contributed by atoms with E-state index in [0.717, 1.165) is 0 Å². The van der Waals surface area contributed by atoms with Gasteiger partial charge in [0, 0.05) is 26.4 Å². The lowest BCUT2D eigenvalue weighted by Gasteiger charge is -2.17. The zero-order valence-electron chi connectivity index (χ0n) is 9.31. The quantitative estimate of drug-likeness (QED) is 0.780. The number of nitrogens with zero attached hydrogens (tertiary/aromatic N) is 1. The molecule has 0 aromatic heterocycles. The van der Waals surface area contributed by atoms with E-state index in [4.69, 9.17) is 4.74 Å². The lowest BCUT2D eigenvalue weighted by molar-refractivity contribution is 0.413. The van der Waals surface area contributed by atoms with Crippen LogP contribution in [0.1, 0.15) is 0 Å². The van der Waals surface area contributed by atoms with Gasteiger partial charge in [0.15, 0.2) is 9.84 Å². The molecule has 0 spiro atoms. The van der Waals surface area contributed by atoms with Gasteiger partial charge in [-0.2, -0.15) is 0 Å². The van der Waals surface area contributed by atoms with Crippen LogP contribution in [0.4, 0.5) is 5.69 Å². The van der Waals surface area contributed by atoms with Crippen LogP contribution >= 0.6 is 0 Å². The van der Waals surface area contributed by atoms with Gasteiger partial charge in [-0.05, 0) is 12.1 Å². The SMILES string of the molecule is COc1ccc(N(C)C)c(S(C)(=O)=O)c1. The molecule has 0 radical (unpaired) electrons. The van der Waals surface area contributed by atoms with Crippen LogP contribution in [0, 0.1) is 0 Å². The van der Waals surface area contributed by atoms with Crippen LogP contribution in [0.5, 0.6) is 5.75 Å². The summed E-state index contributed by atoms with van der Waals surface area (Å²) in [5.74, 6) is 0.543. The first-order chi connectivity index (χ1) is 6.86. The molecule has 0 aliphatic rings. The standard InChI is InChI=1S/C10H15NO3S/c1-11(2)9-6-5-8(14-3)7-10(9)15(4,12)13/h5-7H,1-4H3. The van der Waals surface area contributed by atoms with Crippen molar-refractivity contribution in [3.63, 3.8) is 0 Å². The predicted octanol–water partition coefficient (Wildman–Crippen LogP) is 1.16. The number of methoxy groups -OCH3 is 1. The fraction of sp³-hybridized carbons (Fsp3) is 0.400. The maximum absolute atomic E-state index is 11.5. The second-order valence-electron chi connectivity index (χ2n) is 3.50. The highest BCUT2D eigenvalue weighted by Crippen LogP contribution is 2.27. The molecule has 15 heavy (non-hydrogen) atoms. The zero-order chi connectivity index (χ0) is 11.6. The van der Waals surface area contributed by atoms with E-state index >= 15 is 0 Å². The normalized spacial score (nSPS) is 11.2. The molecule has 0 saturated heterocycles. The molecule has 1 aromatic carbocycles. The van der Waals surface area contributed by atoms with Gasteiger partial charge in [0.25, 0.3) is 0 Å². The monoisotopic (exact) mass is 229 g/mol. The highest BCUT2D eigenvalue weighted by Gasteiger charge is 2.15. The number of hydrogen-bond donors (Lipinski definition) is 0. The first-order valence-electron chi connectivity index (χ1n) is 4.41. The molecule has 0 fully saturated rings. The summed E-state index contributed by atoms with van der Waals surface area (Å²) in [6.45, 7) is 0. The van der Waals surface area contributed by atoms with E-state index in [0.29, 0.717) is 11.4 Å². The van der Waals surface area contributed by atoms with E-state index in [1.807, 2.05) is 0 Å². The van der Waals surface area contributed by atoms with Crippen molar-refractivity contribution in [1.82, 2.24) is 0 Å². The number of ether oxygens (including phenoxy) is 1. The molecule has 0 aliphatic carbocycles. The maximum Gasteiger partial charge on any atom is 0.177 e. The first-order valence-corrected chi connectivity index (χ1v) is 6.31. The summed E-state index contributed by atoms with van der Waals surface area (Å²) >= 11 is 0. The molecule has 0 unspecified atom stereocenters. The minimum atomic E-state index is -3.23. The Bertz CT molecular complexity index is 452. The molecule has 0 atom stereocenters. The summed E-state index contributed by atoms with van der Waals surface area (Å²) in [7, 11) is 1.88. The highest BCUT2D eigenvalue weighted by molar-refractivity contribution is 7.90. The van der Waals surface area contributed by atoms with Crippen LogP contribution in [0.25, 0.3) is 0 Å². The average Bonchev–Trinajstić information content (AvgIpc) is 2.15. The molecule has 0 N–H and O–H groups in total. The summed E-state index contributed by atoms with van der Waals surface area (Å²) < 4.78 is 28.1. The summed E-state index contributed by atoms with van der Waals surface area (Å²) in [6.07, 6.45) is 1.19. The Morgan fingerprint density at radius 2 is 1.87 bits per heavy atom. The zero-order valence-corrected chi connectivity index (χ0v) is 10.1. The Labute approximate surface area is 90.4 Å². The average molecular weight is 229 g/mol. The first kappa shape index (κ1) is 11.8. The molecule has 4 nitrogen and oxygen atoms in total. The number of hydrogen-bond acceptors (Lipinski definition) is 4. The molecule has 5 heteroatoms. The van der Waals surface area contributed by atoms with E-state index in [9.17, 15) is 8.42 Å². The number of sulfone groups is 1. The van der Waals surface area contributed by atoms with E-state index < -0.39 is 9.84 Å². The third kappa shape index (κ3) is 2.62. The van der Waals surface area contributed by atoms with Gasteiger partial charge < -0.3 is 9.64 Å². The Kier molecular flexibility index (Phi) is 3.24. The van der Waals surface area contributed by atoms with Crippen LogP contribution in [-0.2, 0) is 9.84 Å². The molecule has 0 heterocycles. The fourth-order valence-electron chi connectivity index (χ4n) is 1.29. The number of anilines is 1. The van der Waals surface area contributed by atoms with Crippen LogP contribution < -0.4 is 9.64 Å². The Morgan fingerprint density at radius 1 is 1.27 bits per heavy atom. The largest absolute Gasteiger partial charge is 0.497 e. The fourth-order valence-corrected chi connectivity index (χ4v) is 2.25. The van der Waals surface area contributed by atoms with Crippen molar-refractivity contribution in [3.8, 4) is 5.75 Å². The third-order valence-electron chi connectivity index (χ3n) is 2.05. The van der Waals surface area contributed by atoms with Gasteiger partial charge in [0.2, 0.25) is 0 Å². The topological polar surface area (TPSA) is 46.6 Å². The van der Waals surface area contributed by atoms with Gasteiger partial charge >= 0.3 is 0 Å². The van der Waals surface area contributed by atoms with E-state index in [2.05, 4.69) is 0 Å². The van der Waals surface area contributed by atoms with Gasteiger partial charge in [-0.3, -0.25) is 0 Å². The molecular formula is C10H15NO3S. The summed E-state index contributed by atoms with van der Waals surface area (Å²) in [4.78, 5) is 2.04. The minimum absolute atomic E-state index is 0.284. The van der Waals surface area contributed by atoms with E-state index in [1.54, 1.807) is 31.1 Å². The number of benzene rings is 1.